The summed E-state index contributed by atoms with van der Waals surface area (Å²) in [5.41, 5.74) is 1.95. The first-order valence-electron chi connectivity index (χ1n) is 6.72. The van der Waals surface area contributed by atoms with E-state index in [9.17, 15) is 9.59 Å². The standard InChI is InChI=1S/C15H20N2O3/c1-10-5-4-6-13(7-10)16(3)15(20)17-8-12(9-17)11(2)14(18)19/h4-7,11-12H,8-9H2,1-3H3,(H,18,19). The van der Waals surface area contributed by atoms with Gasteiger partial charge in [0.1, 0.15) is 0 Å². The molecule has 5 heteroatoms. The van der Waals surface area contributed by atoms with Crippen molar-refractivity contribution in [2.45, 2.75) is 13.8 Å². The van der Waals surface area contributed by atoms with Crippen molar-refractivity contribution in [1.29, 1.82) is 0 Å². The third-order valence-corrected chi connectivity index (χ3v) is 3.95. The smallest absolute Gasteiger partial charge is 0.324 e. The molecule has 0 aliphatic carbocycles. The summed E-state index contributed by atoms with van der Waals surface area (Å²) < 4.78 is 0. The molecule has 0 spiro atoms. The Kier molecular flexibility index (Phi) is 3.97. The molecule has 2 rings (SSSR count). The number of urea groups is 1. The van der Waals surface area contributed by atoms with Crippen LogP contribution in [-0.4, -0.2) is 42.1 Å². The Labute approximate surface area is 118 Å². The van der Waals surface area contributed by atoms with E-state index in [1.54, 1.807) is 23.8 Å². The Morgan fingerprint density at radius 1 is 1.40 bits per heavy atom. The molecule has 20 heavy (non-hydrogen) atoms. The highest BCUT2D eigenvalue weighted by Crippen LogP contribution is 2.26. The summed E-state index contributed by atoms with van der Waals surface area (Å²) in [7, 11) is 1.74. The van der Waals surface area contributed by atoms with Gasteiger partial charge in [-0.2, -0.15) is 0 Å². The summed E-state index contributed by atoms with van der Waals surface area (Å²) in [6, 6.07) is 7.66. The molecule has 1 aliphatic heterocycles. The van der Waals surface area contributed by atoms with E-state index in [2.05, 4.69) is 0 Å². The number of anilines is 1. The van der Waals surface area contributed by atoms with Crippen LogP contribution < -0.4 is 4.90 Å². The lowest BCUT2D eigenvalue weighted by atomic mass is 9.87. The van der Waals surface area contributed by atoms with Crippen molar-refractivity contribution in [3.63, 3.8) is 0 Å². The van der Waals surface area contributed by atoms with Crippen LogP contribution >= 0.6 is 0 Å². The van der Waals surface area contributed by atoms with E-state index in [0.29, 0.717) is 13.1 Å². The lowest BCUT2D eigenvalue weighted by Crippen LogP contribution is -2.56. The second-order valence-electron chi connectivity index (χ2n) is 5.47. The van der Waals surface area contributed by atoms with Gasteiger partial charge in [-0.15, -0.1) is 0 Å². The number of aliphatic carboxylic acids is 1. The number of hydrogen-bond donors (Lipinski definition) is 1. The second-order valence-corrected chi connectivity index (χ2v) is 5.47. The van der Waals surface area contributed by atoms with E-state index in [1.165, 1.54) is 0 Å². The predicted octanol–water partition coefficient (Wildman–Crippen LogP) is 2.20. The largest absolute Gasteiger partial charge is 0.481 e. The van der Waals surface area contributed by atoms with E-state index < -0.39 is 11.9 Å². The molecular weight excluding hydrogens is 256 g/mol. The van der Waals surface area contributed by atoms with E-state index in [0.717, 1.165) is 11.3 Å². The number of aryl methyl sites for hydroxylation is 1. The van der Waals surface area contributed by atoms with Gasteiger partial charge in [-0.05, 0) is 24.6 Å². The molecule has 2 amide bonds. The maximum atomic E-state index is 12.3. The molecule has 0 aromatic heterocycles. The highest BCUT2D eigenvalue weighted by Gasteiger charge is 2.38. The average molecular weight is 276 g/mol. The average Bonchev–Trinajstić information content (AvgIpc) is 2.35. The van der Waals surface area contributed by atoms with Crippen LogP contribution in [0.5, 0.6) is 0 Å². The Balaban J connectivity index is 1.95. The minimum atomic E-state index is -0.797. The number of benzene rings is 1. The molecular formula is C15H20N2O3. The number of likely N-dealkylation sites (tertiary alicyclic amines) is 1. The number of hydrogen-bond acceptors (Lipinski definition) is 2. The van der Waals surface area contributed by atoms with Crippen LogP contribution in [0, 0.1) is 18.8 Å². The van der Waals surface area contributed by atoms with Crippen molar-refractivity contribution < 1.29 is 14.7 Å². The lowest BCUT2D eigenvalue weighted by molar-refractivity contribution is -0.144. The van der Waals surface area contributed by atoms with Gasteiger partial charge in [0.2, 0.25) is 0 Å². The SMILES string of the molecule is Cc1cccc(N(C)C(=O)N2CC(C(C)C(=O)O)C2)c1. The summed E-state index contributed by atoms with van der Waals surface area (Å²) in [5, 5.41) is 8.95. The first-order chi connectivity index (χ1) is 9.40. The van der Waals surface area contributed by atoms with Gasteiger partial charge in [0.05, 0.1) is 5.92 Å². The summed E-state index contributed by atoms with van der Waals surface area (Å²) in [6.45, 7) is 4.71. The van der Waals surface area contributed by atoms with Gasteiger partial charge in [-0.1, -0.05) is 19.1 Å². The molecule has 5 nitrogen and oxygen atoms in total. The number of carboxylic acid groups (broad SMARTS) is 1. The highest BCUT2D eigenvalue weighted by atomic mass is 16.4. The molecule has 1 heterocycles. The molecule has 1 N–H and O–H groups in total. The zero-order chi connectivity index (χ0) is 14.9. The monoisotopic (exact) mass is 276 g/mol. The molecule has 1 fully saturated rings. The number of carbonyl (C=O) groups is 2. The van der Waals surface area contributed by atoms with Gasteiger partial charge < -0.3 is 10.0 Å². The molecule has 1 saturated heterocycles. The number of carboxylic acids is 1. The Hall–Kier alpha value is -2.04. The van der Waals surface area contributed by atoms with Gasteiger partial charge >= 0.3 is 12.0 Å². The van der Waals surface area contributed by atoms with Gasteiger partial charge in [0.25, 0.3) is 0 Å². The molecule has 1 unspecified atom stereocenters. The zero-order valence-corrected chi connectivity index (χ0v) is 12.0. The number of carbonyl (C=O) groups excluding carboxylic acids is 1. The van der Waals surface area contributed by atoms with E-state index >= 15 is 0 Å². The van der Waals surface area contributed by atoms with E-state index in [1.807, 2.05) is 31.2 Å². The van der Waals surface area contributed by atoms with Gasteiger partial charge in [0.15, 0.2) is 0 Å². The van der Waals surface area contributed by atoms with Crippen LogP contribution in [0.15, 0.2) is 24.3 Å². The zero-order valence-electron chi connectivity index (χ0n) is 12.0. The first-order valence-corrected chi connectivity index (χ1v) is 6.72. The van der Waals surface area contributed by atoms with Gasteiger partial charge in [-0.3, -0.25) is 9.69 Å². The van der Waals surface area contributed by atoms with Crippen molar-refractivity contribution in [2.24, 2.45) is 11.8 Å². The molecule has 1 aromatic rings. The third kappa shape index (κ3) is 2.76. The molecule has 1 aliphatic rings. The Morgan fingerprint density at radius 2 is 2.05 bits per heavy atom. The van der Waals surface area contributed by atoms with E-state index in [-0.39, 0.29) is 11.9 Å². The van der Waals surface area contributed by atoms with Crippen molar-refractivity contribution in [1.82, 2.24) is 4.90 Å². The van der Waals surface area contributed by atoms with Crippen LogP contribution in [0.2, 0.25) is 0 Å². The van der Waals surface area contributed by atoms with Crippen LogP contribution in [0.1, 0.15) is 12.5 Å². The second kappa shape index (κ2) is 5.53. The van der Waals surface area contributed by atoms with Crippen molar-refractivity contribution in [2.75, 3.05) is 25.0 Å². The highest BCUT2D eigenvalue weighted by molar-refractivity contribution is 5.92. The molecule has 0 radical (unpaired) electrons. The van der Waals surface area contributed by atoms with Gasteiger partial charge in [0, 0.05) is 31.7 Å². The lowest BCUT2D eigenvalue weighted by Gasteiger charge is -2.42. The fraction of sp³-hybridized carbons (Fsp3) is 0.467. The number of amides is 2. The van der Waals surface area contributed by atoms with Gasteiger partial charge in [-0.25, -0.2) is 4.79 Å². The molecule has 1 aromatic carbocycles. The summed E-state index contributed by atoms with van der Waals surface area (Å²) in [6.07, 6.45) is 0. The Bertz CT molecular complexity index is 524. The molecule has 108 valence electrons. The fourth-order valence-electron chi connectivity index (χ4n) is 2.35. The minimum absolute atomic E-state index is 0.0577. The minimum Gasteiger partial charge on any atom is -0.481 e. The van der Waals surface area contributed by atoms with Crippen molar-refractivity contribution in [3.8, 4) is 0 Å². The van der Waals surface area contributed by atoms with Crippen LogP contribution in [-0.2, 0) is 4.79 Å². The topological polar surface area (TPSA) is 60.9 Å². The predicted molar refractivity (Wildman–Crippen MR) is 76.8 cm³/mol. The van der Waals surface area contributed by atoms with Crippen LogP contribution in [0.25, 0.3) is 0 Å². The summed E-state index contributed by atoms with van der Waals surface area (Å²) in [5.74, 6) is -1.14. The summed E-state index contributed by atoms with van der Waals surface area (Å²) >= 11 is 0. The molecule has 1 atom stereocenters. The van der Waals surface area contributed by atoms with E-state index in [4.69, 9.17) is 5.11 Å². The summed E-state index contributed by atoms with van der Waals surface area (Å²) in [4.78, 5) is 26.5. The van der Waals surface area contributed by atoms with Crippen LogP contribution in [0.3, 0.4) is 0 Å². The number of rotatable bonds is 3. The number of nitrogens with zero attached hydrogens (tertiary/aromatic N) is 2. The quantitative estimate of drug-likeness (QED) is 0.920. The normalized spacial score (nSPS) is 16.4. The maximum Gasteiger partial charge on any atom is 0.324 e. The molecule has 0 bridgehead atoms. The first kappa shape index (κ1) is 14.4. The van der Waals surface area contributed by atoms with Crippen molar-refractivity contribution in [3.05, 3.63) is 29.8 Å². The maximum absolute atomic E-state index is 12.3. The molecule has 0 saturated carbocycles. The fourth-order valence-corrected chi connectivity index (χ4v) is 2.35. The van der Waals surface area contributed by atoms with Crippen molar-refractivity contribution >= 4 is 17.7 Å². The third-order valence-electron chi connectivity index (χ3n) is 3.95. The van der Waals surface area contributed by atoms with Crippen LogP contribution in [0.4, 0.5) is 10.5 Å². The Morgan fingerprint density at radius 3 is 2.60 bits per heavy atom.